The second-order valence-electron chi connectivity index (χ2n) is 5.70. The smallest absolute Gasteiger partial charge is 0.285 e. The zero-order chi connectivity index (χ0) is 16.4. The molecule has 2 aliphatic heterocycles. The minimum Gasteiger partial charge on any atom is -0.334 e. The molecular weight excluding hydrogens is 300 g/mol. The van der Waals surface area contributed by atoms with Crippen molar-refractivity contribution in [2.24, 2.45) is 11.7 Å². The van der Waals surface area contributed by atoms with Gasteiger partial charge in [0.25, 0.3) is 11.8 Å². The zero-order valence-electron chi connectivity index (χ0n) is 12.7. The highest BCUT2D eigenvalue weighted by atomic mass is 16.2. The largest absolute Gasteiger partial charge is 0.334 e. The molecule has 2 amide bonds. The van der Waals surface area contributed by atoms with Gasteiger partial charge in [0.1, 0.15) is 11.4 Å². The van der Waals surface area contributed by atoms with Crippen LogP contribution in [0.5, 0.6) is 0 Å². The van der Waals surface area contributed by atoms with E-state index < -0.39 is 5.91 Å². The molecule has 0 aromatic carbocycles. The Balaban J connectivity index is 1.53. The van der Waals surface area contributed by atoms with Crippen LogP contribution < -0.4 is 17.1 Å². The van der Waals surface area contributed by atoms with E-state index in [1.165, 1.54) is 12.4 Å². The maximum atomic E-state index is 12.3. The van der Waals surface area contributed by atoms with Gasteiger partial charge in [-0.15, -0.1) is 0 Å². The number of nitrogens with two attached hydrogens (primary N) is 2. The Morgan fingerprint density at radius 2 is 1.70 bits per heavy atom. The van der Waals surface area contributed by atoms with E-state index in [1.54, 1.807) is 4.90 Å². The molecule has 5 N–H and O–H groups in total. The van der Waals surface area contributed by atoms with E-state index in [4.69, 9.17) is 11.7 Å². The van der Waals surface area contributed by atoms with Crippen LogP contribution in [0.25, 0.3) is 0 Å². The molecule has 2 saturated heterocycles. The lowest BCUT2D eigenvalue weighted by molar-refractivity contribution is 0.00717. The van der Waals surface area contributed by atoms with Crippen LogP contribution in [0.3, 0.4) is 0 Å². The summed E-state index contributed by atoms with van der Waals surface area (Å²) in [6, 6.07) is 0.378. The van der Waals surface area contributed by atoms with Crippen LogP contribution in [-0.2, 0) is 0 Å². The Morgan fingerprint density at radius 1 is 1.09 bits per heavy atom. The molecule has 0 bridgehead atoms. The maximum absolute atomic E-state index is 12.3. The molecule has 2 fully saturated rings. The van der Waals surface area contributed by atoms with Gasteiger partial charge in [-0.05, 0) is 0 Å². The van der Waals surface area contributed by atoms with Crippen molar-refractivity contribution < 1.29 is 9.59 Å². The summed E-state index contributed by atoms with van der Waals surface area (Å²) < 4.78 is 0. The summed E-state index contributed by atoms with van der Waals surface area (Å²) in [6.07, 6.45) is 2.54. The van der Waals surface area contributed by atoms with Gasteiger partial charge in [-0.3, -0.25) is 25.8 Å². The van der Waals surface area contributed by atoms with Gasteiger partial charge in [0, 0.05) is 45.3 Å². The lowest BCUT2D eigenvalue weighted by Crippen LogP contribution is -2.64. The van der Waals surface area contributed by atoms with Crippen molar-refractivity contribution in [2.45, 2.75) is 6.04 Å². The third kappa shape index (κ3) is 3.29. The Bertz CT molecular complexity index is 578. The summed E-state index contributed by atoms with van der Waals surface area (Å²) in [5.41, 5.74) is 2.27. The number of rotatable bonds is 3. The van der Waals surface area contributed by atoms with Crippen LogP contribution in [0, 0.1) is 0 Å². The van der Waals surface area contributed by atoms with Crippen LogP contribution in [-0.4, -0.2) is 81.9 Å². The fourth-order valence-electron chi connectivity index (χ4n) is 2.75. The molecule has 0 unspecified atom stereocenters. The molecule has 23 heavy (non-hydrogen) atoms. The number of hydrogen-bond donors (Lipinski definition) is 3. The molecule has 0 saturated carbocycles. The number of nitrogens with zero attached hydrogens (tertiary/aromatic N) is 5. The summed E-state index contributed by atoms with van der Waals surface area (Å²) in [5.74, 6) is 10.0. The minimum atomic E-state index is -0.542. The SMILES string of the molecule is NNC(=O)c1cnc(C(=O)N2CC(N3CCN(N)CC3)C2)cn1. The maximum Gasteiger partial charge on any atom is 0.285 e. The van der Waals surface area contributed by atoms with Gasteiger partial charge in [-0.25, -0.2) is 20.8 Å². The highest BCUT2D eigenvalue weighted by Gasteiger charge is 2.36. The summed E-state index contributed by atoms with van der Waals surface area (Å²) in [7, 11) is 0. The first-order valence-electron chi connectivity index (χ1n) is 7.44. The van der Waals surface area contributed by atoms with E-state index in [0.717, 1.165) is 26.2 Å². The van der Waals surface area contributed by atoms with Crippen LogP contribution in [0.1, 0.15) is 21.0 Å². The number of aromatic nitrogens is 2. The molecule has 1 aromatic rings. The number of hydrogen-bond acceptors (Lipinski definition) is 8. The second kappa shape index (κ2) is 6.54. The average Bonchev–Trinajstić information content (AvgIpc) is 2.54. The molecule has 3 heterocycles. The molecule has 0 spiro atoms. The molecule has 10 heteroatoms. The first-order valence-corrected chi connectivity index (χ1v) is 7.44. The first-order chi connectivity index (χ1) is 11.1. The van der Waals surface area contributed by atoms with Crippen molar-refractivity contribution in [3.8, 4) is 0 Å². The van der Waals surface area contributed by atoms with Crippen molar-refractivity contribution in [3.05, 3.63) is 23.8 Å². The zero-order valence-corrected chi connectivity index (χ0v) is 12.7. The number of piperazine rings is 1. The molecule has 3 rings (SSSR count). The summed E-state index contributed by atoms with van der Waals surface area (Å²) in [6.45, 7) is 4.89. The van der Waals surface area contributed by atoms with Gasteiger partial charge < -0.3 is 4.90 Å². The fraction of sp³-hybridized carbons (Fsp3) is 0.538. The van der Waals surface area contributed by atoms with Gasteiger partial charge >= 0.3 is 0 Å². The van der Waals surface area contributed by atoms with Crippen molar-refractivity contribution in [1.82, 2.24) is 30.2 Å². The van der Waals surface area contributed by atoms with E-state index >= 15 is 0 Å². The highest BCUT2D eigenvalue weighted by molar-refractivity contribution is 5.94. The van der Waals surface area contributed by atoms with E-state index in [1.807, 2.05) is 10.4 Å². The molecule has 124 valence electrons. The molecular formula is C13H20N8O2. The van der Waals surface area contributed by atoms with Crippen LogP contribution in [0.15, 0.2) is 12.4 Å². The lowest BCUT2D eigenvalue weighted by atomic mass is 10.1. The standard InChI is InChI=1S/C13H20N8O2/c14-18-12(22)10-5-17-11(6-16-10)13(23)20-7-9(8-20)19-1-3-21(15)4-2-19/h5-6,9H,1-4,7-8,14-15H2,(H,18,22). The number of amides is 2. The Kier molecular flexibility index (Phi) is 4.48. The topological polar surface area (TPSA) is 134 Å². The first kappa shape index (κ1) is 15.7. The summed E-state index contributed by atoms with van der Waals surface area (Å²) in [5, 5.41) is 1.81. The van der Waals surface area contributed by atoms with E-state index in [2.05, 4.69) is 14.9 Å². The minimum absolute atomic E-state index is 0.0743. The Hall–Kier alpha value is -2.14. The third-order valence-electron chi connectivity index (χ3n) is 4.25. The summed E-state index contributed by atoms with van der Waals surface area (Å²) >= 11 is 0. The lowest BCUT2D eigenvalue weighted by Gasteiger charge is -2.47. The third-order valence-corrected chi connectivity index (χ3v) is 4.25. The average molecular weight is 320 g/mol. The molecule has 0 aliphatic carbocycles. The quantitative estimate of drug-likeness (QED) is 0.313. The van der Waals surface area contributed by atoms with Crippen LogP contribution >= 0.6 is 0 Å². The van der Waals surface area contributed by atoms with Gasteiger partial charge in [-0.1, -0.05) is 0 Å². The van der Waals surface area contributed by atoms with Crippen molar-refractivity contribution in [2.75, 3.05) is 39.3 Å². The number of hydrazine groups is 2. The van der Waals surface area contributed by atoms with Gasteiger partial charge in [-0.2, -0.15) is 0 Å². The molecule has 0 radical (unpaired) electrons. The van der Waals surface area contributed by atoms with E-state index in [9.17, 15) is 9.59 Å². The number of carbonyl (C=O) groups excluding carboxylic acids is 2. The second-order valence-corrected chi connectivity index (χ2v) is 5.70. The Labute approximate surface area is 133 Å². The predicted molar refractivity (Wildman–Crippen MR) is 80.7 cm³/mol. The van der Waals surface area contributed by atoms with Crippen LogP contribution in [0.2, 0.25) is 0 Å². The molecule has 1 aromatic heterocycles. The predicted octanol–water partition coefficient (Wildman–Crippen LogP) is -2.60. The number of likely N-dealkylation sites (tertiary alicyclic amines) is 1. The number of nitrogens with one attached hydrogen (secondary N) is 1. The van der Waals surface area contributed by atoms with Crippen molar-refractivity contribution >= 4 is 11.8 Å². The highest BCUT2D eigenvalue weighted by Crippen LogP contribution is 2.18. The van der Waals surface area contributed by atoms with E-state index in [-0.39, 0.29) is 17.3 Å². The fourth-order valence-corrected chi connectivity index (χ4v) is 2.75. The van der Waals surface area contributed by atoms with Crippen LogP contribution in [0.4, 0.5) is 0 Å². The van der Waals surface area contributed by atoms with Gasteiger partial charge in [0.2, 0.25) is 0 Å². The summed E-state index contributed by atoms with van der Waals surface area (Å²) in [4.78, 5) is 35.6. The normalized spacial score (nSPS) is 20.2. The van der Waals surface area contributed by atoms with E-state index in [0.29, 0.717) is 19.1 Å². The van der Waals surface area contributed by atoms with Gasteiger partial charge in [0.15, 0.2) is 0 Å². The molecule has 0 atom stereocenters. The Morgan fingerprint density at radius 3 is 2.26 bits per heavy atom. The monoisotopic (exact) mass is 320 g/mol. The number of nitrogen functional groups attached to an aromatic ring is 1. The van der Waals surface area contributed by atoms with Crippen molar-refractivity contribution in [1.29, 1.82) is 0 Å². The molecule has 2 aliphatic rings. The van der Waals surface area contributed by atoms with Crippen molar-refractivity contribution in [3.63, 3.8) is 0 Å². The van der Waals surface area contributed by atoms with Gasteiger partial charge in [0.05, 0.1) is 12.4 Å². The number of carbonyl (C=O) groups is 2. The molecule has 10 nitrogen and oxygen atoms in total.